The molecule has 8 rings (SSSR count). The molecule has 0 bridgehead atoms. The van der Waals surface area contributed by atoms with E-state index in [1.165, 1.54) is 0 Å². The van der Waals surface area contributed by atoms with E-state index in [1.54, 1.807) is 23.5 Å². The van der Waals surface area contributed by atoms with Gasteiger partial charge in [0.1, 0.15) is 0 Å². The van der Waals surface area contributed by atoms with Gasteiger partial charge < -0.3 is 20.0 Å². The van der Waals surface area contributed by atoms with Crippen LogP contribution in [0.3, 0.4) is 0 Å². The van der Waals surface area contributed by atoms with Crippen molar-refractivity contribution < 1.29 is 10.2 Å². The number of hydrogen-bond donors (Lipinski definition) is 2. The lowest BCUT2D eigenvalue weighted by atomic mass is 10.1. The SMILES string of the molecule is OC(CSCCCCSCC(O)CN(N=Cc1ccc(N(c2ccccc2)c2ccccc2)cc1)c1ccccc1)CN(N=Cc1ccc(N(c2ccccc2)c2ccccc2)cc1)c1ccccc1. The highest BCUT2D eigenvalue weighted by Gasteiger charge is 2.16. The molecule has 8 nitrogen and oxygen atoms in total. The Morgan fingerprint density at radius 3 is 0.886 bits per heavy atom. The van der Waals surface area contributed by atoms with Crippen LogP contribution in [-0.4, -0.2) is 71.0 Å². The molecule has 70 heavy (non-hydrogen) atoms. The topological polar surface area (TPSA) is 78.1 Å². The maximum Gasteiger partial charge on any atom is 0.0826 e. The van der Waals surface area contributed by atoms with Crippen LogP contribution in [0.5, 0.6) is 0 Å². The summed E-state index contributed by atoms with van der Waals surface area (Å²) in [7, 11) is 0. The van der Waals surface area contributed by atoms with Crippen molar-refractivity contribution in [1.29, 1.82) is 0 Å². The first-order valence-electron chi connectivity index (χ1n) is 23.8. The van der Waals surface area contributed by atoms with Crippen LogP contribution in [0.25, 0.3) is 0 Å². The van der Waals surface area contributed by atoms with Gasteiger partial charge in [-0.15, -0.1) is 0 Å². The minimum atomic E-state index is -0.557. The van der Waals surface area contributed by atoms with Gasteiger partial charge in [-0.3, -0.25) is 10.0 Å². The Morgan fingerprint density at radius 1 is 0.343 bits per heavy atom. The summed E-state index contributed by atoms with van der Waals surface area (Å²) in [5.74, 6) is 3.15. The maximum absolute atomic E-state index is 11.2. The quantitative estimate of drug-likeness (QED) is 0.0333. The Morgan fingerprint density at radius 2 is 0.600 bits per heavy atom. The standard InChI is InChI=1S/C60H60N6O2S2/c67-59(45-63(51-21-7-1-8-22-51)61-43-49-33-37-57(38-34-49)65(53-25-11-3-12-26-53)54-27-13-4-14-28-54)47-69-41-19-20-42-70-48-60(68)46-64(52-23-9-2-10-24-52)62-44-50-35-39-58(40-36-50)66(55-29-15-5-16-30-55)56-31-17-6-18-32-56/h1-18,21-40,43-44,59-60,67-68H,19-20,41-42,45-48H2. The summed E-state index contributed by atoms with van der Waals surface area (Å²) in [5.41, 5.74) is 10.3. The van der Waals surface area contributed by atoms with Crippen molar-refractivity contribution in [1.82, 2.24) is 0 Å². The first-order chi connectivity index (χ1) is 34.6. The fraction of sp³-hybridized carbons (Fsp3) is 0.167. The van der Waals surface area contributed by atoms with E-state index in [9.17, 15) is 10.2 Å². The highest BCUT2D eigenvalue weighted by Crippen LogP contribution is 2.35. The molecule has 2 unspecified atom stereocenters. The fourth-order valence-electron chi connectivity index (χ4n) is 7.88. The summed E-state index contributed by atoms with van der Waals surface area (Å²) in [4.78, 5) is 4.47. The summed E-state index contributed by atoms with van der Waals surface area (Å²) < 4.78 is 0. The van der Waals surface area contributed by atoms with Crippen LogP contribution >= 0.6 is 23.5 Å². The number of anilines is 8. The smallest absolute Gasteiger partial charge is 0.0826 e. The molecule has 0 heterocycles. The van der Waals surface area contributed by atoms with Gasteiger partial charge in [0.15, 0.2) is 0 Å². The van der Waals surface area contributed by atoms with Crippen LogP contribution < -0.4 is 19.8 Å². The van der Waals surface area contributed by atoms with Crippen LogP contribution in [0.1, 0.15) is 24.0 Å². The number of thioether (sulfide) groups is 2. The predicted octanol–water partition coefficient (Wildman–Crippen LogP) is 14.0. The lowest BCUT2D eigenvalue weighted by Gasteiger charge is -2.25. The molecule has 0 saturated heterocycles. The Labute approximate surface area is 422 Å². The number of unbranched alkanes of at least 4 members (excludes halogenated alkanes) is 1. The third-order valence-corrected chi connectivity index (χ3v) is 13.8. The van der Waals surface area contributed by atoms with Gasteiger partial charge in [-0.1, -0.05) is 133 Å². The molecule has 8 aromatic rings. The number of para-hydroxylation sites is 6. The zero-order chi connectivity index (χ0) is 48.0. The molecule has 0 spiro atoms. The molecule has 2 N–H and O–H groups in total. The van der Waals surface area contributed by atoms with Crippen molar-refractivity contribution in [3.63, 3.8) is 0 Å². The maximum atomic E-state index is 11.2. The predicted molar refractivity (Wildman–Crippen MR) is 301 cm³/mol. The van der Waals surface area contributed by atoms with E-state index in [4.69, 9.17) is 10.2 Å². The second-order valence-corrected chi connectivity index (χ2v) is 19.0. The van der Waals surface area contributed by atoms with Crippen molar-refractivity contribution in [3.8, 4) is 0 Å². The fourth-order valence-corrected chi connectivity index (χ4v) is 9.79. The molecule has 0 aliphatic carbocycles. The molecule has 0 fully saturated rings. The summed E-state index contributed by atoms with van der Waals surface area (Å²) in [6.07, 6.45) is 4.68. The third-order valence-electron chi connectivity index (χ3n) is 11.4. The first kappa shape index (κ1) is 49.3. The number of hydrazone groups is 2. The zero-order valence-corrected chi connectivity index (χ0v) is 40.9. The number of aliphatic hydroxyl groups excluding tert-OH is 2. The van der Waals surface area contributed by atoms with Gasteiger partial charge in [0.2, 0.25) is 0 Å². The number of aliphatic hydroxyl groups is 2. The van der Waals surface area contributed by atoms with E-state index < -0.39 is 12.2 Å². The lowest BCUT2D eigenvalue weighted by molar-refractivity contribution is 0.204. The van der Waals surface area contributed by atoms with Gasteiger partial charge in [0, 0.05) is 45.6 Å². The highest BCUT2D eigenvalue weighted by atomic mass is 32.2. The van der Waals surface area contributed by atoms with Crippen molar-refractivity contribution in [2.75, 3.05) is 55.9 Å². The second kappa shape index (κ2) is 26.6. The van der Waals surface area contributed by atoms with Gasteiger partial charge in [-0.05, 0) is 133 Å². The average molecular weight is 961 g/mol. The Balaban J connectivity index is 0.776. The van der Waals surface area contributed by atoms with Gasteiger partial charge >= 0.3 is 0 Å². The summed E-state index contributed by atoms with van der Waals surface area (Å²) in [6, 6.07) is 78.3. The minimum absolute atomic E-state index is 0.383. The van der Waals surface area contributed by atoms with Crippen LogP contribution in [0.2, 0.25) is 0 Å². The molecule has 0 saturated carbocycles. The number of nitrogens with zero attached hydrogens (tertiary/aromatic N) is 6. The van der Waals surface area contributed by atoms with E-state index in [2.05, 4.69) is 155 Å². The summed E-state index contributed by atoms with van der Waals surface area (Å²) in [5, 5.41) is 35.8. The highest BCUT2D eigenvalue weighted by molar-refractivity contribution is 7.99. The van der Waals surface area contributed by atoms with Crippen LogP contribution in [0.4, 0.5) is 45.5 Å². The number of rotatable bonds is 25. The average Bonchev–Trinajstić information content (AvgIpc) is 3.42. The largest absolute Gasteiger partial charge is 0.390 e. The molecule has 0 aromatic heterocycles. The van der Waals surface area contributed by atoms with Crippen molar-refractivity contribution in [2.45, 2.75) is 25.0 Å². The Kier molecular flexibility index (Phi) is 18.8. The molecular formula is C60H60N6O2S2. The van der Waals surface area contributed by atoms with Gasteiger partial charge in [-0.2, -0.15) is 33.7 Å². The Hall–Kier alpha value is -7.08. The summed E-state index contributed by atoms with van der Waals surface area (Å²) in [6.45, 7) is 0.765. The second-order valence-electron chi connectivity index (χ2n) is 16.7. The van der Waals surface area contributed by atoms with Crippen molar-refractivity contribution in [2.24, 2.45) is 10.2 Å². The van der Waals surface area contributed by atoms with E-state index in [0.717, 1.165) is 81.0 Å². The van der Waals surface area contributed by atoms with Crippen molar-refractivity contribution in [3.05, 3.63) is 242 Å². The summed E-state index contributed by atoms with van der Waals surface area (Å²) >= 11 is 3.54. The molecule has 2 atom stereocenters. The monoisotopic (exact) mass is 960 g/mol. The first-order valence-corrected chi connectivity index (χ1v) is 26.1. The molecular weight excluding hydrogens is 901 g/mol. The Bertz CT molecular complexity index is 2480. The molecule has 8 aromatic carbocycles. The zero-order valence-electron chi connectivity index (χ0n) is 39.3. The van der Waals surface area contributed by atoms with Crippen LogP contribution in [0, 0.1) is 0 Å². The van der Waals surface area contributed by atoms with E-state index in [1.807, 2.05) is 107 Å². The molecule has 10 heteroatoms. The van der Waals surface area contributed by atoms with Crippen LogP contribution in [-0.2, 0) is 0 Å². The minimum Gasteiger partial charge on any atom is -0.390 e. The van der Waals surface area contributed by atoms with Gasteiger partial charge in [-0.25, -0.2) is 0 Å². The van der Waals surface area contributed by atoms with E-state index in [-0.39, 0.29) is 0 Å². The van der Waals surface area contributed by atoms with Crippen molar-refractivity contribution >= 4 is 81.5 Å². The van der Waals surface area contributed by atoms with E-state index >= 15 is 0 Å². The molecule has 0 radical (unpaired) electrons. The van der Waals surface area contributed by atoms with Gasteiger partial charge in [0.05, 0.1) is 49.1 Å². The normalized spacial score (nSPS) is 12.2. The van der Waals surface area contributed by atoms with Crippen LogP contribution in [0.15, 0.2) is 241 Å². The molecule has 0 amide bonds. The molecule has 0 aliphatic heterocycles. The third kappa shape index (κ3) is 14.7. The number of hydrogen-bond acceptors (Lipinski definition) is 10. The van der Waals surface area contributed by atoms with E-state index in [0.29, 0.717) is 24.6 Å². The number of benzene rings is 8. The van der Waals surface area contributed by atoms with Gasteiger partial charge in [0.25, 0.3) is 0 Å². The lowest BCUT2D eigenvalue weighted by Crippen LogP contribution is -2.30. The molecule has 0 aliphatic rings. The molecule has 354 valence electrons.